The van der Waals surface area contributed by atoms with Gasteiger partial charge in [-0.3, -0.25) is 4.68 Å². The van der Waals surface area contributed by atoms with E-state index in [1.807, 2.05) is 11.7 Å². The number of rotatable bonds is 0. The molecule has 3 heteroatoms. The Balaban J connectivity index is 2.51. The smallest absolute Gasteiger partial charge is 0.0807 e. The van der Waals surface area contributed by atoms with Crippen molar-refractivity contribution in [2.24, 2.45) is 7.05 Å². The number of hydrogen-bond acceptors (Lipinski definition) is 2. The van der Waals surface area contributed by atoms with E-state index in [0.717, 1.165) is 13.1 Å². The van der Waals surface area contributed by atoms with Crippen molar-refractivity contribution in [3.63, 3.8) is 0 Å². The van der Waals surface area contributed by atoms with Crippen LogP contribution < -0.4 is 5.32 Å². The van der Waals surface area contributed by atoms with Gasteiger partial charge in [-0.25, -0.2) is 0 Å². The van der Waals surface area contributed by atoms with Crippen LogP contribution in [0.15, 0.2) is 6.20 Å². The summed E-state index contributed by atoms with van der Waals surface area (Å²) >= 11 is 0. The Morgan fingerprint density at radius 1 is 1.67 bits per heavy atom. The second-order valence-corrected chi connectivity index (χ2v) is 2.38. The number of aryl methyl sites for hydroxylation is 1. The Morgan fingerprint density at radius 3 is 3.33 bits per heavy atom. The predicted octanol–water partition coefficient (Wildman–Crippen LogP) is 0.0233. The first-order valence-electron chi connectivity index (χ1n) is 3.08. The highest BCUT2D eigenvalue weighted by atomic mass is 15.3. The number of hydrogen-bond donors (Lipinski definition) is 1. The van der Waals surface area contributed by atoms with Crippen molar-refractivity contribution in [3.8, 4) is 0 Å². The van der Waals surface area contributed by atoms with Gasteiger partial charge in [-0.15, -0.1) is 0 Å². The summed E-state index contributed by atoms with van der Waals surface area (Å²) in [6.45, 7) is 1.93. The monoisotopic (exact) mass is 123 g/mol. The number of aromatic nitrogens is 2. The number of nitrogens with zero attached hydrogens (tertiary/aromatic N) is 2. The first kappa shape index (κ1) is 4.99. The molecule has 0 spiro atoms. The number of fused-ring (bicyclic) bond motifs is 1. The highest BCUT2D eigenvalue weighted by Gasteiger charge is 2.12. The van der Waals surface area contributed by atoms with Crippen molar-refractivity contribution < 1.29 is 0 Å². The van der Waals surface area contributed by atoms with E-state index in [2.05, 4.69) is 16.6 Å². The van der Waals surface area contributed by atoms with Crippen molar-refractivity contribution >= 4 is 0 Å². The van der Waals surface area contributed by atoms with Crippen LogP contribution in [0.25, 0.3) is 0 Å². The van der Waals surface area contributed by atoms with Gasteiger partial charge in [0.2, 0.25) is 0 Å². The van der Waals surface area contributed by atoms with Crippen LogP contribution in [0.1, 0.15) is 11.3 Å². The van der Waals surface area contributed by atoms with Crippen molar-refractivity contribution in [2.45, 2.75) is 13.1 Å². The van der Waals surface area contributed by atoms with Gasteiger partial charge in [-0.2, -0.15) is 5.10 Å². The van der Waals surface area contributed by atoms with E-state index >= 15 is 0 Å². The van der Waals surface area contributed by atoms with Crippen molar-refractivity contribution in [3.05, 3.63) is 17.5 Å². The van der Waals surface area contributed by atoms with Gasteiger partial charge >= 0.3 is 0 Å². The molecule has 0 aliphatic carbocycles. The largest absolute Gasteiger partial charge is 0.307 e. The van der Waals surface area contributed by atoms with E-state index in [4.69, 9.17) is 0 Å². The third-order valence-electron chi connectivity index (χ3n) is 1.60. The van der Waals surface area contributed by atoms with Crippen LogP contribution in [0.3, 0.4) is 0 Å². The van der Waals surface area contributed by atoms with E-state index in [1.165, 1.54) is 11.3 Å². The fraction of sp³-hybridized carbons (Fsp3) is 0.500. The second kappa shape index (κ2) is 1.57. The second-order valence-electron chi connectivity index (χ2n) is 2.38. The molecule has 1 N–H and O–H groups in total. The molecule has 0 aromatic carbocycles. The van der Waals surface area contributed by atoms with Gasteiger partial charge < -0.3 is 5.32 Å². The van der Waals surface area contributed by atoms with Crippen molar-refractivity contribution in [1.82, 2.24) is 15.1 Å². The van der Waals surface area contributed by atoms with Gasteiger partial charge in [0.1, 0.15) is 0 Å². The first-order valence-corrected chi connectivity index (χ1v) is 3.08. The fourth-order valence-electron chi connectivity index (χ4n) is 1.20. The minimum Gasteiger partial charge on any atom is -0.307 e. The van der Waals surface area contributed by atoms with Crippen LogP contribution in [0.5, 0.6) is 0 Å². The Morgan fingerprint density at radius 2 is 2.56 bits per heavy atom. The van der Waals surface area contributed by atoms with E-state index < -0.39 is 0 Å². The molecule has 1 aromatic heterocycles. The molecule has 0 unspecified atom stereocenters. The van der Waals surface area contributed by atoms with Crippen LogP contribution in [0.2, 0.25) is 0 Å². The summed E-state index contributed by atoms with van der Waals surface area (Å²) in [6.07, 6.45) is 2.06. The van der Waals surface area contributed by atoms with E-state index in [-0.39, 0.29) is 0 Å². The van der Waals surface area contributed by atoms with Gasteiger partial charge in [-0.1, -0.05) is 0 Å². The zero-order valence-corrected chi connectivity index (χ0v) is 5.39. The quantitative estimate of drug-likeness (QED) is 0.527. The molecule has 2 heterocycles. The summed E-state index contributed by atoms with van der Waals surface area (Å²) in [7, 11) is 1.96. The molecule has 1 aliphatic rings. The SMILES string of the molecule is Cn1cc2c(n1)CNC2. The zero-order valence-electron chi connectivity index (χ0n) is 5.39. The third-order valence-corrected chi connectivity index (χ3v) is 1.60. The number of nitrogens with one attached hydrogen (secondary N) is 1. The van der Waals surface area contributed by atoms with Crippen LogP contribution in [-0.2, 0) is 20.1 Å². The molecule has 9 heavy (non-hydrogen) atoms. The molecular formula is C6H9N3. The average molecular weight is 123 g/mol. The summed E-state index contributed by atoms with van der Waals surface area (Å²) in [5.41, 5.74) is 2.55. The molecule has 0 radical (unpaired) electrons. The van der Waals surface area contributed by atoms with E-state index in [1.54, 1.807) is 0 Å². The van der Waals surface area contributed by atoms with Gasteiger partial charge in [0, 0.05) is 31.9 Å². The molecule has 1 aromatic rings. The molecule has 0 amide bonds. The Kier molecular flexibility index (Phi) is 0.873. The van der Waals surface area contributed by atoms with Crippen molar-refractivity contribution in [2.75, 3.05) is 0 Å². The molecule has 48 valence electrons. The molecular weight excluding hydrogens is 114 g/mol. The Hall–Kier alpha value is -0.830. The lowest BCUT2D eigenvalue weighted by molar-refractivity contribution is 0.688. The zero-order chi connectivity index (χ0) is 6.27. The lowest BCUT2D eigenvalue weighted by Crippen LogP contribution is -2.03. The predicted molar refractivity (Wildman–Crippen MR) is 33.8 cm³/mol. The topological polar surface area (TPSA) is 29.9 Å². The van der Waals surface area contributed by atoms with E-state index in [0.29, 0.717) is 0 Å². The maximum absolute atomic E-state index is 4.25. The summed E-state index contributed by atoms with van der Waals surface area (Å²) in [5.74, 6) is 0. The standard InChI is InChI=1S/C6H9N3/c1-9-4-5-2-7-3-6(5)8-9/h4,7H,2-3H2,1H3. The molecule has 0 bridgehead atoms. The average Bonchev–Trinajstić information content (AvgIpc) is 2.22. The maximum Gasteiger partial charge on any atom is 0.0807 e. The molecule has 0 saturated heterocycles. The normalized spacial score (nSPS) is 16.1. The summed E-state index contributed by atoms with van der Waals surface area (Å²) in [5, 5.41) is 7.46. The molecule has 0 atom stereocenters. The molecule has 3 nitrogen and oxygen atoms in total. The molecule has 0 fully saturated rings. The summed E-state index contributed by atoms with van der Waals surface area (Å²) < 4.78 is 1.87. The summed E-state index contributed by atoms with van der Waals surface area (Å²) in [6, 6.07) is 0. The summed E-state index contributed by atoms with van der Waals surface area (Å²) in [4.78, 5) is 0. The van der Waals surface area contributed by atoms with Gasteiger partial charge in [0.05, 0.1) is 5.69 Å². The first-order chi connectivity index (χ1) is 4.36. The van der Waals surface area contributed by atoms with Crippen LogP contribution in [0, 0.1) is 0 Å². The lowest BCUT2D eigenvalue weighted by atomic mass is 10.3. The van der Waals surface area contributed by atoms with Crippen LogP contribution in [0.4, 0.5) is 0 Å². The highest BCUT2D eigenvalue weighted by molar-refractivity contribution is 5.20. The fourth-order valence-corrected chi connectivity index (χ4v) is 1.20. The minimum absolute atomic E-state index is 0.941. The Labute approximate surface area is 53.7 Å². The molecule has 1 aliphatic heterocycles. The van der Waals surface area contributed by atoms with E-state index in [9.17, 15) is 0 Å². The lowest BCUT2D eigenvalue weighted by Gasteiger charge is -1.88. The maximum atomic E-state index is 4.25. The Bertz CT molecular complexity index is 205. The highest BCUT2D eigenvalue weighted by Crippen LogP contribution is 2.10. The molecule has 2 rings (SSSR count). The molecule has 0 saturated carbocycles. The van der Waals surface area contributed by atoms with Crippen molar-refractivity contribution in [1.29, 1.82) is 0 Å². The van der Waals surface area contributed by atoms with Crippen LogP contribution >= 0.6 is 0 Å². The van der Waals surface area contributed by atoms with Gasteiger partial charge in [0.15, 0.2) is 0 Å². The van der Waals surface area contributed by atoms with Crippen LogP contribution in [-0.4, -0.2) is 9.78 Å². The van der Waals surface area contributed by atoms with Gasteiger partial charge in [-0.05, 0) is 0 Å². The minimum atomic E-state index is 0.941. The van der Waals surface area contributed by atoms with Gasteiger partial charge in [0.25, 0.3) is 0 Å². The third kappa shape index (κ3) is 0.650.